The van der Waals surface area contributed by atoms with Crippen LogP contribution in [0.15, 0.2) is 12.1 Å². The lowest BCUT2D eigenvalue weighted by Gasteiger charge is -2.25. The van der Waals surface area contributed by atoms with E-state index in [1.807, 2.05) is 0 Å². The molecule has 1 aliphatic rings. The third-order valence-electron chi connectivity index (χ3n) is 3.62. The molecule has 1 saturated carbocycles. The summed E-state index contributed by atoms with van der Waals surface area (Å²) in [6.07, 6.45) is 2.70. The van der Waals surface area contributed by atoms with Gasteiger partial charge in [-0.05, 0) is 30.5 Å². The highest BCUT2D eigenvalue weighted by Crippen LogP contribution is 2.44. The number of hydrogen-bond acceptors (Lipinski definition) is 2. The predicted molar refractivity (Wildman–Crippen MR) is 65.7 cm³/mol. The second kappa shape index (κ2) is 4.76. The lowest BCUT2D eigenvalue weighted by atomic mass is 9.79. The molecule has 0 aliphatic heterocycles. The molecule has 98 valence electrons. The van der Waals surface area contributed by atoms with Crippen molar-refractivity contribution in [3.63, 3.8) is 0 Å². The summed E-state index contributed by atoms with van der Waals surface area (Å²) in [5, 5.41) is 9.54. The molecular weight excluding hydrogens is 259 g/mol. The molecule has 0 amide bonds. The number of methoxy groups -OCH3 is 1. The van der Waals surface area contributed by atoms with E-state index in [-0.39, 0.29) is 10.8 Å². The van der Waals surface area contributed by atoms with Crippen LogP contribution in [0, 0.1) is 5.82 Å². The molecule has 0 aromatic heterocycles. The highest BCUT2D eigenvalue weighted by Gasteiger charge is 2.43. The van der Waals surface area contributed by atoms with Crippen molar-refractivity contribution in [2.75, 3.05) is 7.11 Å². The van der Waals surface area contributed by atoms with Crippen LogP contribution < -0.4 is 4.74 Å². The minimum absolute atomic E-state index is 0.0426. The second-order valence-electron chi connectivity index (χ2n) is 4.57. The van der Waals surface area contributed by atoms with E-state index in [2.05, 4.69) is 0 Å². The zero-order valence-electron chi connectivity index (χ0n) is 10.0. The van der Waals surface area contributed by atoms with Gasteiger partial charge in [0.1, 0.15) is 0 Å². The summed E-state index contributed by atoms with van der Waals surface area (Å²) < 4.78 is 18.6. The van der Waals surface area contributed by atoms with Crippen molar-refractivity contribution in [2.24, 2.45) is 0 Å². The molecule has 2 rings (SSSR count). The van der Waals surface area contributed by atoms with Crippen molar-refractivity contribution in [2.45, 2.75) is 31.1 Å². The maximum absolute atomic E-state index is 13.8. The molecule has 5 heteroatoms. The summed E-state index contributed by atoms with van der Waals surface area (Å²) in [6, 6.07) is 2.73. The largest absolute Gasteiger partial charge is 0.492 e. The van der Waals surface area contributed by atoms with Gasteiger partial charge in [-0.2, -0.15) is 0 Å². The van der Waals surface area contributed by atoms with Crippen LogP contribution >= 0.6 is 11.6 Å². The highest BCUT2D eigenvalue weighted by molar-refractivity contribution is 6.32. The quantitative estimate of drug-likeness (QED) is 0.917. The molecule has 0 atom stereocenters. The fourth-order valence-corrected chi connectivity index (χ4v) is 2.92. The number of ether oxygens (including phenoxy) is 1. The number of benzene rings is 1. The van der Waals surface area contributed by atoms with E-state index in [0.29, 0.717) is 18.4 Å². The standard InChI is InChI=1S/C13H14ClFO3/c1-18-11-9(14)6-8(7-10(11)15)13(12(16)17)4-2-3-5-13/h6-7H,2-5H2,1H3,(H,16,17). The highest BCUT2D eigenvalue weighted by atomic mass is 35.5. The van der Waals surface area contributed by atoms with Crippen molar-refractivity contribution >= 4 is 17.6 Å². The van der Waals surface area contributed by atoms with Gasteiger partial charge in [0.05, 0.1) is 17.5 Å². The molecule has 0 saturated heterocycles. The van der Waals surface area contributed by atoms with Gasteiger partial charge in [-0.3, -0.25) is 4.79 Å². The van der Waals surface area contributed by atoms with Crippen LogP contribution in [0.4, 0.5) is 4.39 Å². The van der Waals surface area contributed by atoms with Crippen LogP contribution in [0.3, 0.4) is 0 Å². The molecule has 1 aliphatic carbocycles. The first-order valence-electron chi connectivity index (χ1n) is 5.78. The number of aliphatic carboxylic acids is 1. The Hall–Kier alpha value is -1.29. The lowest BCUT2D eigenvalue weighted by Crippen LogP contribution is -2.32. The Morgan fingerprint density at radius 1 is 1.44 bits per heavy atom. The van der Waals surface area contributed by atoms with Gasteiger partial charge in [0.2, 0.25) is 0 Å². The van der Waals surface area contributed by atoms with Crippen LogP contribution in [0.1, 0.15) is 31.2 Å². The molecule has 3 nitrogen and oxygen atoms in total. The summed E-state index contributed by atoms with van der Waals surface area (Å²) in [6.45, 7) is 0. The molecule has 0 bridgehead atoms. The molecular formula is C13H14ClFO3. The summed E-state index contributed by atoms with van der Waals surface area (Å²) in [5.74, 6) is -1.58. The topological polar surface area (TPSA) is 46.5 Å². The van der Waals surface area contributed by atoms with Crippen LogP contribution in [0.5, 0.6) is 5.75 Å². The second-order valence-corrected chi connectivity index (χ2v) is 4.97. The molecule has 0 unspecified atom stereocenters. The number of carbonyl (C=O) groups is 1. The Balaban J connectivity index is 2.53. The van der Waals surface area contributed by atoms with Crippen molar-refractivity contribution < 1.29 is 19.0 Å². The molecule has 1 N–H and O–H groups in total. The number of rotatable bonds is 3. The number of carboxylic acid groups (broad SMARTS) is 1. The van der Waals surface area contributed by atoms with Gasteiger partial charge < -0.3 is 9.84 Å². The zero-order chi connectivity index (χ0) is 13.3. The van der Waals surface area contributed by atoms with Crippen LogP contribution in [0.25, 0.3) is 0 Å². The summed E-state index contributed by atoms with van der Waals surface area (Å²) in [7, 11) is 1.33. The van der Waals surface area contributed by atoms with Crippen molar-refractivity contribution in [1.82, 2.24) is 0 Å². The molecule has 0 radical (unpaired) electrons. The van der Waals surface area contributed by atoms with Gasteiger partial charge in [0.15, 0.2) is 11.6 Å². The third-order valence-corrected chi connectivity index (χ3v) is 3.90. The Labute approximate surface area is 110 Å². The van der Waals surface area contributed by atoms with Gasteiger partial charge >= 0.3 is 5.97 Å². The van der Waals surface area contributed by atoms with E-state index in [1.165, 1.54) is 19.2 Å². The first-order valence-corrected chi connectivity index (χ1v) is 6.16. The van der Waals surface area contributed by atoms with E-state index in [4.69, 9.17) is 16.3 Å². The van der Waals surface area contributed by atoms with E-state index < -0.39 is 17.2 Å². The average molecular weight is 273 g/mol. The van der Waals surface area contributed by atoms with Crippen molar-refractivity contribution in [3.05, 3.63) is 28.5 Å². The number of halogens is 2. The molecule has 1 fully saturated rings. The maximum Gasteiger partial charge on any atom is 0.314 e. The smallest absolute Gasteiger partial charge is 0.314 e. The minimum atomic E-state index is -1.00. The maximum atomic E-state index is 13.8. The molecule has 1 aromatic carbocycles. The van der Waals surface area contributed by atoms with E-state index in [1.54, 1.807) is 0 Å². The summed E-state index contributed by atoms with van der Waals surface area (Å²) in [4.78, 5) is 11.5. The van der Waals surface area contributed by atoms with E-state index >= 15 is 0 Å². The van der Waals surface area contributed by atoms with Gasteiger partial charge in [-0.1, -0.05) is 24.4 Å². The normalized spacial score (nSPS) is 17.7. The minimum Gasteiger partial charge on any atom is -0.492 e. The summed E-state index contributed by atoms with van der Waals surface area (Å²) >= 11 is 5.92. The van der Waals surface area contributed by atoms with E-state index in [0.717, 1.165) is 12.8 Å². The first-order chi connectivity index (χ1) is 8.51. The lowest BCUT2D eigenvalue weighted by molar-refractivity contribution is -0.143. The zero-order valence-corrected chi connectivity index (χ0v) is 10.8. The summed E-state index contributed by atoms with van der Waals surface area (Å²) in [5.41, 5.74) is -0.577. The molecule has 0 heterocycles. The first kappa shape index (κ1) is 13.1. The Kier molecular flexibility index (Phi) is 3.48. The Bertz CT molecular complexity index is 458. The van der Waals surface area contributed by atoms with Crippen LogP contribution in [-0.4, -0.2) is 18.2 Å². The molecule has 18 heavy (non-hydrogen) atoms. The fourth-order valence-electron chi connectivity index (χ4n) is 2.64. The van der Waals surface area contributed by atoms with Gasteiger partial charge in [0, 0.05) is 0 Å². The SMILES string of the molecule is COc1c(F)cc(C2(C(=O)O)CCCC2)cc1Cl. The van der Waals surface area contributed by atoms with Gasteiger partial charge in [-0.15, -0.1) is 0 Å². The van der Waals surface area contributed by atoms with Crippen LogP contribution in [0.2, 0.25) is 5.02 Å². The van der Waals surface area contributed by atoms with Crippen LogP contribution in [-0.2, 0) is 10.2 Å². The number of hydrogen-bond donors (Lipinski definition) is 1. The third kappa shape index (κ3) is 1.94. The Morgan fingerprint density at radius 2 is 2.06 bits per heavy atom. The average Bonchev–Trinajstić information content (AvgIpc) is 2.78. The predicted octanol–water partition coefficient (Wildman–Crippen LogP) is 3.38. The fraction of sp³-hybridized carbons (Fsp3) is 0.462. The van der Waals surface area contributed by atoms with E-state index in [9.17, 15) is 14.3 Å². The van der Waals surface area contributed by atoms with Crippen molar-refractivity contribution in [3.8, 4) is 5.75 Å². The van der Waals surface area contributed by atoms with Gasteiger partial charge in [-0.25, -0.2) is 4.39 Å². The molecule has 0 spiro atoms. The molecule has 1 aromatic rings. The van der Waals surface area contributed by atoms with Crippen molar-refractivity contribution in [1.29, 1.82) is 0 Å². The monoisotopic (exact) mass is 272 g/mol. The number of carboxylic acids is 1. The Morgan fingerprint density at radius 3 is 2.50 bits per heavy atom. The van der Waals surface area contributed by atoms with Gasteiger partial charge in [0.25, 0.3) is 0 Å².